The van der Waals surface area contributed by atoms with Gasteiger partial charge in [-0.2, -0.15) is 13.2 Å². The van der Waals surface area contributed by atoms with Gasteiger partial charge < -0.3 is 24.2 Å². The lowest BCUT2D eigenvalue weighted by Crippen LogP contribution is -2.58. The molecule has 9 nitrogen and oxygen atoms in total. The Balaban J connectivity index is 1.58. The Labute approximate surface area is 265 Å². The van der Waals surface area contributed by atoms with E-state index < -0.39 is 53.8 Å². The summed E-state index contributed by atoms with van der Waals surface area (Å²) in [5, 5.41) is -0.0567. The first-order valence-corrected chi connectivity index (χ1v) is 15.2. The van der Waals surface area contributed by atoms with Gasteiger partial charge in [0.05, 0.1) is 18.3 Å². The number of benzene rings is 1. The standard InChI is InChI=1S/C31H38ClF4N5O4/c1-29(2,3)45-28(43)39-11-12-40-19(14-39)16-44-25-22(27(40)42)26(37-24(23(25)32)20-9-7-8-10-21(20)33)41-15-18(13-30(41,4)5)38(6)17-31(34,35)36/h7-10,18-19H,11-17H2,1-6H3/t18?,19-/m1/s1. The third kappa shape index (κ3) is 6.79. The normalized spacial score (nSPS) is 21.8. The Hall–Kier alpha value is -3.32. The van der Waals surface area contributed by atoms with Gasteiger partial charge in [-0.15, -0.1) is 0 Å². The molecule has 1 aromatic heterocycles. The number of ether oxygens (including phenoxy) is 2. The second-order valence-corrected chi connectivity index (χ2v) is 13.9. The van der Waals surface area contributed by atoms with Crippen molar-refractivity contribution in [3.8, 4) is 17.0 Å². The highest BCUT2D eigenvalue weighted by atomic mass is 35.5. The molecule has 2 saturated heterocycles. The summed E-state index contributed by atoms with van der Waals surface area (Å²) in [6.45, 7) is 8.59. The monoisotopic (exact) mass is 655 g/mol. The van der Waals surface area contributed by atoms with E-state index in [1.165, 1.54) is 35.0 Å². The Morgan fingerprint density at radius 3 is 2.51 bits per heavy atom. The number of alkyl halides is 3. The maximum atomic E-state index is 15.1. The fourth-order valence-electron chi connectivity index (χ4n) is 6.26. The van der Waals surface area contributed by atoms with Crippen LogP contribution in [0.2, 0.25) is 5.02 Å². The van der Waals surface area contributed by atoms with Crippen LogP contribution in [0, 0.1) is 5.82 Å². The van der Waals surface area contributed by atoms with Gasteiger partial charge in [-0.1, -0.05) is 23.7 Å². The van der Waals surface area contributed by atoms with Gasteiger partial charge in [0.1, 0.15) is 34.4 Å². The quantitative estimate of drug-likeness (QED) is 0.383. The second-order valence-electron chi connectivity index (χ2n) is 13.5. The summed E-state index contributed by atoms with van der Waals surface area (Å²) in [4.78, 5) is 38.2. The first kappa shape index (κ1) is 33.1. The van der Waals surface area contributed by atoms with Gasteiger partial charge >= 0.3 is 12.3 Å². The molecule has 0 radical (unpaired) electrons. The number of carbonyl (C=O) groups excluding carboxylic acids is 2. The number of anilines is 1. The maximum Gasteiger partial charge on any atom is 0.410 e. The van der Waals surface area contributed by atoms with Gasteiger partial charge in [-0.3, -0.25) is 9.69 Å². The summed E-state index contributed by atoms with van der Waals surface area (Å²) in [7, 11) is 1.42. The predicted molar refractivity (Wildman–Crippen MR) is 161 cm³/mol. The summed E-state index contributed by atoms with van der Waals surface area (Å²) in [6.07, 6.45) is -4.55. The van der Waals surface area contributed by atoms with Crippen molar-refractivity contribution in [3.05, 3.63) is 40.7 Å². The number of nitrogens with zero attached hydrogens (tertiary/aromatic N) is 5. The van der Waals surface area contributed by atoms with Crippen LogP contribution >= 0.6 is 11.6 Å². The first-order valence-electron chi connectivity index (χ1n) is 14.8. The van der Waals surface area contributed by atoms with Crippen molar-refractivity contribution in [1.29, 1.82) is 0 Å². The molecule has 2 fully saturated rings. The molecular weight excluding hydrogens is 618 g/mol. The third-order valence-electron chi connectivity index (χ3n) is 8.40. The zero-order chi connectivity index (χ0) is 33.1. The average Bonchev–Trinajstić information content (AvgIpc) is 3.16. The van der Waals surface area contributed by atoms with Crippen LogP contribution in [-0.2, 0) is 4.74 Å². The molecule has 2 aromatic rings. The van der Waals surface area contributed by atoms with E-state index in [2.05, 4.69) is 0 Å². The van der Waals surface area contributed by atoms with Crippen LogP contribution in [0.25, 0.3) is 11.3 Å². The minimum absolute atomic E-state index is 0.0156. The highest BCUT2D eigenvalue weighted by Crippen LogP contribution is 2.47. The SMILES string of the molecule is CN(CC(F)(F)F)C1CN(c2nc(-c3ccccc3F)c(Cl)c3c2C(=O)N2CCN(C(=O)OC(C)(C)C)C[C@@H]2CO3)C(C)(C)C1. The van der Waals surface area contributed by atoms with Gasteiger partial charge in [-0.25, -0.2) is 14.2 Å². The Bertz CT molecular complexity index is 1480. The van der Waals surface area contributed by atoms with Crippen LogP contribution in [0.3, 0.4) is 0 Å². The van der Waals surface area contributed by atoms with Crippen LogP contribution in [0.1, 0.15) is 51.4 Å². The van der Waals surface area contributed by atoms with E-state index in [1.54, 1.807) is 36.6 Å². The maximum absolute atomic E-state index is 15.1. The molecule has 0 spiro atoms. The van der Waals surface area contributed by atoms with E-state index in [-0.39, 0.29) is 66.2 Å². The van der Waals surface area contributed by atoms with E-state index in [4.69, 9.17) is 26.1 Å². The molecule has 2 amide bonds. The van der Waals surface area contributed by atoms with Crippen LogP contribution in [-0.4, -0.2) is 107 Å². The molecule has 2 atom stereocenters. The molecule has 246 valence electrons. The lowest BCUT2D eigenvalue weighted by molar-refractivity contribution is -0.146. The van der Waals surface area contributed by atoms with Crippen LogP contribution in [0.4, 0.5) is 28.2 Å². The highest BCUT2D eigenvalue weighted by Gasteiger charge is 2.47. The Kier molecular flexibility index (Phi) is 8.67. The molecule has 1 aromatic carbocycles. The van der Waals surface area contributed by atoms with Crippen LogP contribution in [0.15, 0.2) is 24.3 Å². The number of hydrogen-bond acceptors (Lipinski definition) is 7. The largest absolute Gasteiger partial charge is 0.489 e. The van der Waals surface area contributed by atoms with Gasteiger partial charge in [-0.05, 0) is 60.2 Å². The lowest BCUT2D eigenvalue weighted by Gasteiger charge is -2.40. The van der Waals surface area contributed by atoms with E-state index in [1.807, 2.05) is 13.8 Å². The van der Waals surface area contributed by atoms with E-state index >= 15 is 4.39 Å². The zero-order valence-electron chi connectivity index (χ0n) is 26.2. The molecule has 1 unspecified atom stereocenters. The van der Waals surface area contributed by atoms with Crippen molar-refractivity contribution in [1.82, 2.24) is 19.7 Å². The number of likely N-dealkylation sites (N-methyl/N-ethyl adjacent to an activating group) is 1. The molecule has 5 rings (SSSR count). The Morgan fingerprint density at radius 1 is 1.18 bits per heavy atom. The van der Waals surface area contributed by atoms with Crippen LogP contribution < -0.4 is 9.64 Å². The van der Waals surface area contributed by atoms with Crippen molar-refractivity contribution in [2.24, 2.45) is 0 Å². The molecule has 14 heteroatoms. The minimum Gasteiger partial charge on any atom is -0.489 e. The number of aromatic nitrogens is 1. The number of fused-ring (bicyclic) bond motifs is 2. The smallest absolute Gasteiger partial charge is 0.410 e. The van der Waals surface area contributed by atoms with E-state index in [9.17, 15) is 22.8 Å². The van der Waals surface area contributed by atoms with Crippen molar-refractivity contribution in [2.75, 3.05) is 51.3 Å². The fraction of sp³-hybridized carbons (Fsp3) is 0.581. The summed E-state index contributed by atoms with van der Waals surface area (Å²) < 4.78 is 66.8. The molecular formula is C31H38ClF4N5O4. The van der Waals surface area contributed by atoms with Gasteiger partial charge in [0.25, 0.3) is 5.91 Å². The number of amides is 2. The molecule has 0 bridgehead atoms. The summed E-state index contributed by atoms with van der Waals surface area (Å²) >= 11 is 6.86. The molecule has 3 aliphatic rings. The number of piperazine rings is 1. The minimum atomic E-state index is -4.39. The third-order valence-corrected chi connectivity index (χ3v) is 8.75. The second kappa shape index (κ2) is 11.8. The predicted octanol–water partition coefficient (Wildman–Crippen LogP) is 5.85. The van der Waals surface area contributed by atoms with E-state index in [0.29, 0.717) is 6.42 Å². The molecule has 45 heavy (non-hydrogen) atoms. The van der Waals surface area contributed by atoms with Gasteiger partial charge in [0, 0.05) is 43.3 Å². The van der Waals surface area contributed by atoms with Gasteiger partial charge in [0.2, 0.25) is 0 Å². The van der Waals surface area contributed by atoms with E-state index in [0.717, 1.165) is 0 Å². The number of hydrogen-bond donors (Lipinski definition) is 0. The van der Waals surface area contributed by atoms with Gasteiger partial charge in [0.15, 0.2) is 5.75 Å². The first-order chi connectivity index (χ1) is 20.9. The average molecular weight is 656 g/mol. The number of halogens is 5. The summed E-state index contributed by atoms with van der Waals surface area (Å²) in [5.41, 5.74) is -1.25. The molecule has 0 N–H and O–H groups in total. The van der Waals surface area contributed by atoms with Crippen molar-refractivity contribution in [2.45, 2.75) is 70.4 Å². The fourth-order valence-corrected chi connectivity index (χ4v) is 6.55. The van der Waals surface area contributed by atoms with Crippen molar-refractivity contribution >= 4 is 29.4 Å². The Morgan fingerprint density at radius 2 is 1.87 bits per heavy atom. The molecule has 0 saturated carbocycles. The number of rotatable bonds is 4. The molecule has 0 aliphatic carbocycles. The lowest BCUT2D eigenvalue weighted by atomic mass is 9.98. The summed E-state index contributed by atoms with van der Waals surface area (Å²) in [5.74, 6) is -0.859. The number of pyridine rings is 1. The number of carbonyl (C=O) groups is 2. The summed E-state index contributed by atoms with van der Waals surface area (Å²) in [6, 6.07) is 4.85. The highest BCUT2D eigenvalue weighted by molar-refractivity contribution is 6.35. The van der Waals surface area contributed by atoms with Crippen molar-refractivity contribution < 1.29 is 36.6 Å². The molecule has 4 heterocycles. The topological polar surface area (TPSA) is 78.5 Å². The van der Waals surface area contributed by atoms with Crippen molar-refractivity contribution in [3.63, 3.8) is 0 Å². The zero-order valence-corrected chi connectivity index (χ0v) is 26.9. The molecule has 3 aliphatic heterocycles. The van der Waals surface area contributed by atoms with Crippen LogP contribution in [0.5, 0.6) is 5.75 Å².